The Morgan fingerprint density at radius 3 is 2.32 bits per heavy atom. The first-order valence-corrected chi connectivity index (χ1v) is 7.48. The highest BCUT2D eigenvalue weighted by atomic mass is 32.2. The standard InChI is InChI=1S/C14H19NO3S/c1-12(2)11-15(3)19(17,18)14-8-6-13(7-9-14)5-4-10-16/h6-9,12,16H,10-11H2,1-3H3. The van der Waals surface area contributed by atoms with E-state index in [0.29, 0.717) is 12.1 Å². The van der Waals surface area contributed by atoms with Crippen LogP contribution in [-0.4, -0.2) is 38.0 Å². The van der Waals surface area contributed by atoms with E-state index in [1.165, 1.54) is 16.4 Å². The monoisotopic (exact) mass is 281 g/mol. The van der Waals surface area contributed by atoms with Gasteiger partial charge in [-0.1, -0.05) is 25.7 Å². The van der Waals surface area contributed by atoms with Crippen LogP contribution < -0.4 is 0 Å². The van der Waals surface area contributed by atoms with Crippen LogP contribution >= 0.6 is 0 Å². The van der Waals surface area contributed by atoms with E-state index < -0.39 is 10.0 Å². The van der Waals surface area contributed by atoms with E-state index in [-0.39, 0.29) is 17.4 Å². The summed E-state index contributed by atoms with van der Waals surface area (Å²) >= 11 is 0. The van der Waals surface area contributed by atoms with Gasteiger partial charge >= 0.3 is 0 Å². The van der Waals surface area contributed by atoms with Crippen molar-refractivity contribution < 1.29 is 13.5 Å². The van der Waals surface area contributed by atoms with Gasteiger partial charge in [0.1, 0.15) is 6.61 Å². The Labute approximate surface area is 115 Å². The molecule has 0 aromatic heterocycles. The maximum absolute atomic E-state index is 12.2. The summed E-state index contributed by atoms with van der Waals surface area (Å²) in [6.45, 7) is 4.21. The van der Waals surface area contributed by atoms with Crippen LogP contribution in [0.4, 0.5) is 0 Å². The zero-order valence-corrected chi connectivity index (χ0v) is 12.2. The molecule has 0 heterocycles. The summed E-state index contributed by atoms with van der Waals surface area (Å²) in [5.74, 6) is 5.52. The zero-order chi connectivity index (χ0) is 14.5. The molecule has 0 amide bonds. The Morgan fingerprint density at radius 1 is 1.26 bits per heavy atom. The molecule has 0 aliphatic carbocycles. The summed E-state index contributed by atoms with van der Waals surface area (Å²) < 4.78 is 25.8. The Hall–Kier alpha value is -1.35. The molecule has 1 N–H and O–H groups in total. The molecule has 0 aliphatic heterocycles. The summed E-state index contributed by atoms with van der Waals surface area (Å²) in [5, 5.41) is 8.59. The third kappa shape index (κ3) is 4.35. The SMILES string of the molecule is CC(C)CN(C)S(=O)(=O)c1ccc(C#CCO)cc1. The van der Waals surface area contributed by atoms with Gasteiger partial charge in [0.15, 0.2) is 0 Å². The van der Waals surface area contributed by atoms with Crippen molar-refractivity contribution in [1.29, 1.82) is 0 Å². The maximum atomic E-state index is 12.2. The van der Waals surface area contributed by atoms with Gasteiger partial charge in [-0.2, -0.15) is 0 Å². The van der Waals surface area contributed by atoms with Gasteiger partial charge in [0.2, 0.25) is 10.0 Å². The van der Waals surface area contributed by atoms with Gasteiger partial charge in [0, 0.05) is 19.2 Å². The van der Waals surface area contributed by atoms with Crippen LogP contribution in [0.2, 0.25) is 0 Å². The summed E-state index contributed by atoms with van der Waals surface area (Å²) in [6, 6.07) is 6.35. The number of hydrogen-bond donors (Lipinski definition) is 1. The predicted octanol–water partition coefficient (Wildman–Crippen LogP) is 1.31. The topological polar surface area (TPSA) is 57.6 Å². The van der Waals surface area contributed by atoms with E-state index in [9.17, 15) is 8.42 Å². The molecule has 0 unspecified atom stereocenters. The van der Waals surface area contributed by atoms with Crippen LogP contribution in [0, 0.1) is 17.8 Å². The lowest BCUT2D eigenvalue weighted by atomic mass is 10.2. The van der Waals surface area contributed by atoms with Crippen molar-refractivity contribution in [3.8, 4) is 11.8 Å². The van der Waals surface area contributed by atoms with Crippen LogP contribution in [0.25, 0.3) is 0 Å². The predicted molar refractivity (Wildman–Crippen MR) is 75.1 cm³/mol. The molecule has 0 fully saturated rings. The fourth-order valence-electron chi connectivity index (χ4n) is 1.64. The van der Waals surface area contributed by atoms with Crippen LogP contribution in [0.5, 0.6) is 0 Å². The Balaban J connectivity index is 2.96. The Bertz CT molecular complexity index is 565. The fourth-order valence-corrected chi connectivity index (χ4v) is 2.98. The quantitative estimate of drug-likeness (QED) is 0.847. The number of nitrogens with zero attached hydrogens (tertiary/aromatic N) is 1. The molecule has 19 heavy (non-hydrogen) atoms. The van der Waals surface area contributed by atoms with Crippen molar-refractivity contribution >= 4 is 10.0 Å². The second-order valence-electron chi connectivity index (χ2n) is 4.66. The number of aliphatic hydroxyl groups excluding tert-OH is 1. The molecule has 0 atom stereocenters. The molecule has 4 nitrogen and oxygen atoms in total. The molecule has 5 heteroatoms. The molecule has 104 valence electrons. The van der Waals surface area contributed by atoms with Gasteiger partial charge < -0.3 is 5.11 Å². The van der Waals surface area contributed by atoms with Crippen molar-refractivity contribution in [3.05, 3.63) is 29.8 Å². The van der Waals surface area contributed by atoms with Gasteiger partial charge in [0.05, 0.1) is 4.90 Å². The molecule has 0 saturated carbocycles. The van der Waals surface area contributed by atoms with Crippen LogP contribution in [0.3, 0.4) is 0 Å². The normalized spacial score (nSPS) is 11.5. The lowest BCUT2D eigenvalue weighted by molar-refractivity contribution is 0.350. The highest BCUT2D eigenvalue weighted by Gasteiger charge is 2.20. The van der Waals surface area contributed by atoms with E-state index in [4.69, 9.17) is 5.11 Å². The number of benzene rings is 1. The third-order valence-electron chi connectivity index (χ3n) is 2.50. The molecule has 0 aliphatic rings. The minimum atomic E-state index is -3.44. The van der Waals surface area contributed by atoms with Crippen molar-refractivity contribution in [3.63, 3.8) is 0 Å². The number of rotatable bonds is 4. The first-order chi connectivity index (χ1) is 8.87. The second kappa shape index (κ2) is 6.71. The largest absolute Gasteiger partial charge is 0.384 e. The smallest absolute Gasteiger partial charge is 0.242 e. The summed E-state index contributed by atoms with van der Waals surface area (Å²) in [5.41, 5.74) is 0.680. The number of aliphatic hydroxyl groups is 1. The third-order valence-corrected chi connectivity index (χ3v) is 4.33. The van der Waals surface area contributed by atoms with E-state index in [2.05, 4.69) is 11.8 Å². The van der Waals surface area contributed by atoms with Gasteiger partial charge in [-0.25, -0.2) is 12.7 Å². The first-order valence-electron chi connectivity index (χ1n) is 6.04. The van der Waals surface area contributed by atoms with Gasteiger partial charge in [-0.3, -0.25) is 0 Å². The number of sulfonamides is 1. The molecule has 0 saturated heterocycles. The Morgan fingerprint density at radius 2 is 1.84 bits per heavy atom. The lowest BCUT2D eigenvalue weighted by Crippen LogP contribution is -2.30. The van der Waals surface area contributed by atoms with Crippen LogP contribution in [0.15, 0.2) is 29.2 Å². The van der Waals surface area contributed by atoms with Gasteiger partial charge in [0.25, 0.3) is 0 Å². The van der Waals surface area contributed by atoms with Crippen LogP contribution in [-0.2, 0) is 10.0 Å². The Kier molecular flexibility index (Phi) is 5.55. The maximum Gasteiger partial charge on any atom is 0.242 e. The van der Waals surface area contributed by atoms with Crippen molar-refractivity contribution in [2.75, 3.05) is 20.2 Å². The molecule has 0 bridgehead atoms. The number of hydrogen-bond acceptors (Lipinski definition) is 3. The summed E-state index contributed by atoms with van der Waals surface area (Å²) in [4.78, 5) is 0.255. The highest BCUT2D eigenvalue weighted by Crippen LogP contribution is 2.16. The van der Waals surface area contributed by atoms with Gasteiger partial charge in [-0.15, -0.1) is 0 Å². The first kappa shape index (κ1) is 15.7. The minimum absolute atomic E-state index is 0.211. The molecule has 1 aromatic carbocycles. The zero-order valence-electron chi connectivity index (χ0n) is 11.4. The van der Waals surface area contributed by atoms with Crippen molar-refractivity contribution in [2.45, 2.75) is 18.7 Å². The summed E-state index contributed by atoms with van der Waals surface area (Å²) in [6.07, 6.45) is 0. The van der Waals surface area contributed by atoms with E-state index >= 15 is 0 Å². The van der Waals surface area contributed by atoms with E-state index in [1.807, 2.05) is 13.8 Å². The van der Waals surface area contributed by atoms with E-state index in [0.717, 1.165) is 0 Å². The van der Waals surface area contributed by atoms with Crippen molar-refractivity contribution in [1.82, 2.24) is 4.31 Å². The average molecular weight is 281 g/mol. The summed E-state index contributed by atoms with van der Waals surface area (Å²) in [7, 11) is -1.86. The highest BCUT2D eigenvalue weighted by molar-refractivity contribution is 7.89. The van der Waals surface area contributed by atoms with Crippen molar-refractivity contribution in [2.24, 2.45) is 5.92 Å². The second-order valence-corrected chi connectivity index (χ2v) is 6.71. The van der Waals surface area contributed by atoms with Crippen LogP contribution in [0.1, 0.15) is 19.4 Å². The van der Waals surface area contributed by atoms with E-state index in [1.54, 1.807) is 19.2 Å². The molecular weight excluding hydrogens is 262 g/mol. The minimum Gasteiger partial charge on any atom is -0.384 e. The molecule has 1 aromatic rings. The van der Waals surface area contributed by atoms with Gasteiger partial charge in [-0.05, 0) is 30.2 Å². The molecule has 1 rings (SSSR count). The molecular formula is C14H19NO3S. The molecule has 0 spiro atoms. The molecule has 0 radical (unpaired) electrons. The lowest BCUT2D eigenvalue weighted by Gasteiger charge is -2.19. The average Bonchev–Trinajstić information content (AvgIpc) is 2.36. The fraction of sp³-hybridized carbons (Fsp3) is 0.429.